The molecule has 0 saturated carbocycles. The highest BCUT2D eigenvalue weighted by Gasteiger charge is 2.34. The van der Waals surface area contributed by atoms with Crippen molar-refractivity contribution < 1.29 is 22.3 Å². The third kappa shape index (κ3) is 6.01. The summed E-state index contributed by atoms with van der Waals surface area (Å²) in [6.45, 7) is 5.62. The molecule has 0 spiro atoms. The Balaban J connectivity index is 2.61. The van der Waals surface area contributed by atoms with Gasteiger partial charge in [-0.15, -0.1) is 0 Å². The molecule has 0 bridgehead atoms. The van der Waals surface area contributed by atoms with Gasteiger partial charge < -0.3 is 10.1 Å². The van der Waals surface area contributed by atoms with E-state index in [9.17, 15) is 17.6 Å². The van der Waals surface area contributed by atoms with Gasteiger partial charge >= 0.3 is 6.18 Å². The first-order valence-corrected chi connectivity index (χ1v) is 6.71. The topological polar surface area (TPSA) is 21.3 Å². The Morgan fingerprint density at radius 1 is 1.19 bits per heavy atom. The predicted molar refractivity (Wildman–Crippen MR) is 73.4 cm³/mol. The van der Waals surface area contributed by atoms with Crippen LogP contribution >= 0.6 is 0 Å². The molecule has 6 heteroatoms. The zero-order valence-corrected chi connectivity index (χ0v) is 12.5. The number of alkyl halides is 3. The molecule has 0 aromatic heterocycles. The number of methoxy groups -OCH3 is 1. The van der Waals surface area contributed by atoms with E-state index in [1.165, 1.54) is 6.07 Å². The molecule has 1 aromatic rings. The minimum absolute atomic E-state index is 0.0249. The van der Waals surface area contributed by atoms with Crippen LogP contribution in [0.5, 0.6) is 0 Å². The first-order chi connectivity index (χ1) is 9.65. The highest BCUT2D eigenvalue weighted by Crippen LogP contribution is 2.31. The van der Waals surface area contributed by atoms with E-state index in [1.54, 1.807) is 7.11 Å². The number of hydrogen-bond donors (Lipinski definition) is 1. The predicted octanol–water partition coefficient (Wildman–Crippen LogP) is 4.00. The third-order valence-corrected chi connectivity index (χ3v) is 3.25. The van der Waals surface area contributed by atoms with Crippen LogP contribution in [0.3, 0.4) is 0 Å². The van der Waals surface area contributed by atoms with Gasteiger partial charge in [-0.05, 0) is 29.5 Å². The lowest BCUT2D eigenvalue weighted by atomic mass is 9.89. The van der Waals surface area contributed by atoms with E-state index in [0.29, 0.717) is 18.7 Å². The fraction of sp³-hybridized carbons (Fsp3) is 0.600. The summed E-state index contributed by atoms with van der Waals surface area (Å²) in [6, 6.07) is 3.07. The Bertz CT molecular complexity index is 457. The van der Waals surface area contributed by atoms with Crippen molar-refractivity contribution in [2.24, 2.45) is 5.41 Å². The summed E-state index contributed by atoms with van der Waals surface area (Å²) in [5, 5.41) is 3.10. The number of hydrogen-bond acceptors (Lipinski definition) is 2. The Morgan fingerprint density at radius 3 is 2.43 bits per heavy atom. The smallest absolute Gasteiger partial charge is 0.385 e. The molecule has 0 aliphatic heterocycles. The van der Waals surface area contributed by atoms with E-state index in [4.69, 9.17) is 4.74 Å². The van der Waals surface area contributed by atoms with Crippen LogP contribution in [-0.4, -0.2) is 20.3 Å². The average molecular weight is 307 g/mol. The maximum atomic E-state index is 13.2. The van der Waals surface area contributed by atoms with Gasteiger partial charge in [0.1, 0.15) is 5.82 Å². The monoisotopic (exact) mass is 307 g/mol. The zero-order chi connectivity index (χ0) is 16.1. The minimum atomic E-state index is -4.67. The molecule has 21 heavy (non-hydrogen) atoms. The van der Waals surface area contributed by atoms with Crippen LogP contribution in [0.2, 0.25) is 0 Å². The normalized spacial score (nSPS) is 12.7. The summed E-state index contributed by atoms with van der Waals surface area (Å²) in [5.41, 5.74) is -0.838. The molecule has 0 atom stereocenters. The van der Waals surface area contributed by atoms with Crippen LogP contribution < -0.4 is 5.32 Å². The van der Waals surface area contributed by atoms with E-state index in [0.717, 1.165) is 18.6 Å². The fourth-order valence-electron chi connectivity index (χ4n) is 1.91. The standard InChI is InChI=1S/C15H21F4NO/c1-14(2,6-7-21-3)10-20-9-11-4-5-13(16)12(8-11)15(17,18)19/h4-5,8,20H,6-7,9-10H2,1-3H3. The molecule has 0 fully saturated rings. The van der Waals surface area contributed by atoms with Crippen LogP contribution in [0, 0.1) is 11.2 Å². The van der Waals surface area contributed by atoms with Crippen LogP contribution in [0.4, 0.5) is 17.6 Å². The number of rotatable bonds is 7. The molecule has 2 nitrogen and oxygen atoms in total. The average Bonchev–Trinajstić information content (AvgIpc) is 2.37. The van der Waals surface area contributed by atoms with Crippen molar-refractivity contribution in [2.75, 3.05) is 20.3 Å². The second-order valence-electron chi connectivity index (χ2n) is 5.82. The highest BCUT2D eigenvalue weighted by molar-refractivity contribution is 5.27. The molecule has 0 radical (unpaired) electrons. The molecule has 0 heterocycles. The van der Waals surface area contributed by atoms with Gasteiger partial charge in [-0.1, -0.05) is 19.9 Å². The Hall–Kier alpha value is -1.14. The van der Waals surface area contributed by atoms with Crippen molar-refractivity contribution in [3.8, 4) is 0 Å². The van der Waals surface area contributed by atoms with Gasteiger partial charge in [0.15, 0.2) is 0 Å². The Morgan fingerprint density at radius 2 is 1.86 bits per heavy atom. The van der Waals surface area contributed by atoms with E-state index < -0.39 is 17.6 Å². The maximum absolute atomic E-state index is 13.2. The molecule has 0 unspecified atom stereocenters. The van der Waals surface area contributed by atoms with Crippen molar-refractivity contribution in [3.05, 3.63) is 35.1 Å². The molecular formula is C15H21F4NO. The van der Waals surface area contributed by atoms with E-state index in [-0.39, 0.29) is 12.0 Å². The summed E-state index contributed by atoms with van der Waals surface area (Å²) in [4.78, 5) is 0. The molecule has 0 aliphatic rings. The highest BCUT2D eigenvalue weighted by atomic mass is 19.4. The molecule has 0 amide bonds. The van der Waals surface area contributed by atoms with Crippen molar-refractivity contribution in [3.63, 3.8) is 0 Å². The Labute approximate surface area is 122 Å². The summed E-state index contributed by atoms with van der Waals surface area (Å²) in [7, 11) is 1.63. The maximum Gasteiger partial charge on any atom is 0.419 e. The first kappa shape index (κ1) is 17.9. The van der Waals surface area contributed by atoms with Gasteiger partial charge in [-0.2, -0.15) is 13.2 Å². The van der Waals surface area contributed by atoms with Gasteiger partial charge in [0.25, 0.3) is 0 Å². The van der Waals surface area contributed by atoms with Crippen LogP contribution in [-0.2, 0) is 17.5 Å². The van der Waals surface area contributed by atoms with Crippen LogP contribution in [0.25, 0.3) is 0 Å². The van der Waals surface area contributed by atoms with Gasteiger partial charge in [0, 0.05) is 26.8 Å². The van der Waals surface area contributed by atoms with E-state index in [1.807, 2.05) is 13.8 Å². The van der Waals surface area contributed by atoms with Crippen molar-refractivity contribution in [1.82, 2.24) is 5.32 Å². The first-order valence-electron chi connectivity index (χ1n) is 6.71. The largest absolute Gasteiger partial charge is 0.419 e. The fourth-order valence-corrected chi connectivity index (χ4v) is 1.91. The lowest BCUT2D eigenvalue weighted by Crippen LogP contribution is -2.30. The quantitative estimate of drug-likeness (QED) is 0.769. The van der Waals surface area contributed by atoms with Crippen molar-refractivity contribution in [1.29, 1.82) is 0 Å². The number of halogens is 4. The van der Waals surface area contributed by atoms with E-state index >= 15 is 0 Å². The molecule has 0 aliphatic carbocycles. The summed E-state index contributed by atoms with van der Waals surface area (Å²) >= 11 is 0. The van der Waals surface area contributed by atoms with Gasteiger partial charge in [0.05, 0.1) is 5.56 Å². The molecule has 0 saturated heterocycles. The second-order valence-corrected chi connectivity index (χ2v) is 5.82. The number of benzene rings is 1. The molecular weight excluding hydrogens is 286 g/mol. The summed E-state index contributed by atoms with van der Waals surface area (Å²) in [5.74, 6) is -1.24. The lowest BCUT2D eigenvalue weighted by molar-refractivity contribution is -0.140. The minimum Gasteiger partial charge on any atom is -0.385 e. The number of ether oxygens (including phenoxy) is 1. The lowest BCUT2D eigenvalue weighted by Gasteiger charge is -2.24. The van der Waals surface area contributed by atoms with Crippen molar-refractivity contribution in [2.45, 2.75) is 33.0 Å². The van der Waals surface area contributed by atoms with Gasteiger partial charge in [-0.3, -0.25) is 0 Å². The molecule has 1 aromatic carbocycles. The molecule has 1 rings (SSSR count). The summed E-state index contributed by atoms with van der Waals surface area (Å²) in [6.07, 6.45) is -3.83. The Kier molecular flexibility index (Phi) is 6.16. The van der Waals surface area contributed by atoms with Crippen molar-refractivity contribution >= 4 is 0 Å². The van der Waals surface area contributed by atoms with Gasteiger partial charge in [-0.25, -0.2) is 4.39 Å². The van der Waals surface area contributed by atoms with Crippen LogP contribution in [0.15, 0.2) is 18.2 Å². The van der Waals surface area contributed by atoms with Gasteiger partial charge in [0.2, 0.25) is 0 Å². The van der Waals surface area contributed by atoms with Crippen LogP contribution in [0.1, 0.15) is 31.4 Å². The summed E-state index contributed by atoms with van der Waals surface area (Å²) < 4.78 is 56.0. The number of nitrogens with one attached hydrogen (secondary N) is 1. The SMILES string of the molecule is COCCC(C)(C)CNCc1ccc(F)c(C(F)(F)F)c1. The third-order valence-electron chi connectivity index (χ3n) is 3.25. The molecule has 1 N–H and O–H groups in total. The van der Waals surface area contributed by atoms with E-state index in [2.05, 4.69) is 5.32 Å². The molecule has 120 valence electrons. The zero-order valence-electron chi connectivity index (χ0n) is 12.5. The second kappa shape index (κ2) is 7.22.